The third-order valence-electron chi connectivity index (χ3n) is 9.00. The first-order valence-corrected chi connectivity index (χ1v) is 16.1. The van der Waals surface area contributed by atoms with E-state index in [1.165, 1.54) is 20.1 Å². The van der Waals surface area contributed by atoms with E-state index in [0.29, 0.717) is 5.57 Å². The van der Waals surface area contributed by atoms with E-state index in [-0.39, 0.29) is 32.0 Å². The topological polar surface area (TPSA) is 246 Å². The number of esters is 3. The third-order valence-corrected chi connectivity index (χ3v) is 9.00. The van der Waals surface area contributed by atoms with Crippen LogP contribution in [0.2, 0.25) is 0 Å². The molecule has 0 aromatic carbocycles. The van der Waals surface area contributed by atoms with Crippen molar-refractivity contribution in [2.75, 3.05) is 19.8 Å². The normalized spacial score (nSPS) is 41.2. The van der Waals surface area contributed by atoms with Crippen molar-refractivity contribution in [2.45, 2.75) is 121 Å². The summed E-state index contributed by atoms with van der Waals surface area (Å²) in [6, 6.07) is 0. The van der Waals surface area contributed by atoms with E-state index in [2.05, 4.69) is 0 Å². The molecule has 0 bridgehead atoms. The molecule has 3 fully saturated rings. The summed E-state index contributed by atoms with van der Waals surface area (Å²) < 4.78 is 45.0. The molecule has 3 aliphatic heterocycles. The highest BCUT2D eigenvalue weighted by atomic mass is 16.8. The average molecular weight is 693 g/mol. The van der Waals surface area contributed by atoms with Crippen LogP contribution < -0.4 is 0 Å². The smallest absolute Gasteiger partial charge is 0.309 e. The minimum absolute atomic E-state index is 0.0200. The summed E-state index contributed by atoms with van der Waals surface area (Å²) in [4.78, 5) is 35.6. The van der Waals surface area contributed by atoms with Crippen molar-refractivity contribution in [1.29, 1.82) is 0 Å². The van der Waals surface area contributed by atoms with Gasteiger partial charge in [-0.3, -0.25) is 14.4 Å². The minimum atomic E-state index is -1.76. The van der Waals surface area contributed by atoms with Gasteiger partial charge in [0.2, 0.25) is 6.29 Å². The van der Waals surface area contributed by atoms with Gasteiger partial charge in [0.15, 0.2) is 18.7 Å². The van der Waals surface area contributed by atoms with Crippen molar-refractivity contribution in [3.8, 4) is 0 Å². The predicted octanol–water partition coefficient (Wildman–Crippen LogP) is -1.77. The van der Waals surface area contributed by atoms with Crippen LogP contribution in [0.3, 0.4) is 0 Å². The molecule has 17 heteroatoms. The predicted molar refractivity (Wildman–Crippen MR) is 157 cm³/mol. The van der Waals surface area contributed by atoms with E-state index in [4.69, 9.17) is 37.9 Å². The maximum Gasteiger partial charge on any atom is 0.309 e. The van der Waals surface area contributed by atoms with Gasteiger partial charge in [0, 0.05) is 32.1 Å². The fourth-order valence-electron chi connectivity index (χ4n) is 6.60. The number of aliphatic hydroxyl groups excluding tert-OH is 6. The molecule has 2 saturated heterocycles. The first-order chi connectivity index (χ1) is 22.6. The lowest BCUT2D eigenvalue weighted by Gasteiger charge is -2.46. The Morgan fingerprint density at radius 2 is 1.58 bits per heavy atom. The van der Waals surface area contributed by atoms with Crippen LogP contribution in [0.5, 0.6) is 0 Å². The van der Waals surface area contributed by atoms with Crippen LogP contribution >= 0.6 is 0 Å². The average Bonchev–Trinajstić information content (AvgIpc) is 3.35. The fraction of sp³-hybridized carbons (Fsp3) is 0.839. The van der Waals surface area contributed by atoms with Gasteiger partial charge >= 0.3 is 17.9 Å². The van der Waals surface area contributed by atoms with Crippen molar-refractivity contribution >= 4 is 17.9 Å². The molecular formula is C31H48O17. The van der Waals surface area contributed by atoms with Gasteiger partial charge in [-0.25, -0.2) is 0 Å². The number of hydrogen-bond donors (Lipinski definition) is 6. The van der Waals surface area contributed by atoms with Crippen LogP contribution in [-0.2, 0) is 52.3 Å². The second kappa shape index (κ2) is 16.5. The highest BCUT2D eigenvalue weighted by molar-refractivity contribution is 5.69. The number of carbonyl (C=O) groups is 3. The second-order valence-corrected chi connectivity index (χ2v) is 13.1. The van der Waals surface area contributed by atoms with Gasteiger partial charge in [0.25, 0.3) is 0 Å². The lowest BCUT2D eigenvalue weighted by atomic mass is 9.83. The minimum Gasteiger partial charge on any atom is -0.465 e. The maximum absolute atomic E-state index is 12.6. The monoisotopic (exact) mass is 692 g/mol. The van der Waals surface area contributed by atoms with Crippen molar-refractivity contribution in [3.63, 3.8) is 0 Å². The number of aliphatic hydroxyl groups is 6. The van der Waals surface area contributed by atoms with Crippen LogP contribution in [0.25, 0.3) is 0 Å². The molecule has 4 rings (SSSR count). The zero-order valence-corrected chi connectivity index (χ0v) is 27.5. The molecule has 15 unspecified atom stereocenters. The summed E-state index contributed by atoms with van der Waals surface area (Å²) >= 11 is 0. The molecule has 3 heterocycles. The molecule has 274 valence electrons. The molecule has 0 aromatic rings. The number of ether oxygens (including phenoxy) is 8. The van der Waals surface area contributed by atoms with Crippen LogP contribution in [0.1, 0.15) is 47.5 Å². The van der Waals surface area contributed by atoms with Crippen molar-refractivity contribution < 1.29 is 82.9 Å². The van der Waals surface area contributed by atoms with Gasteiger partial charge in [-0.15, -0.1) is 0 Å². The van der Waals surface area contributed by atoms with Gasteiger partial charge in [-0.2, -0.15) is 0 Å². The first-order valence-electron chi connectivity index (χ1n) is 16.1. The van der Waals surface area contributed by atoms with Gasteiger partial charge in [0.05, 0.1) is 38.3 Å². The Morgan fingerprint density at radius 3 is 2.21 bits per heavy atom. The van der Waals surface area contributed by atoms with Gasteiger partial charge in [-0.05, 0) is 30.8 Å². The Morgan fingerprint density at radius 1 is 0.896 bits per heavy atom. The first kappa shape index (κ1) is 38.4. The second-order valence-electron chi connectivity index (χ2n) is 13.1. The SMILES string of the molecule is CC(=O)OCC1C(O)CC2C(COC3OC(CO)C(O)C(O)C3OC3OC(C)C(OC(C)=O)C(O)C3O)=COC(OC(=O)CC(C)C)C21. The molecule has 4 aliphatic rings. The van der Waals surface area contributed by atoms with Gasteiger partial charge in [-0.1, -0.05) is 13.8 Å². The number of rotatable bonds is 12. The molecule has 0 amide bonds. The van der Waals surface area contributed by atoms with E-state index < -0.39 is 116 Å². The lowest BCUT2D eigenvalue weighted by molar-refractivity contribution is -0.364. The van der Waals surface area contributed by atoms with Crippen LogP contribution in [0.4, 0.5) is 0 Å². The van der Waals surface area contributed by atoms with Crippen LogP contribution in [0.15, 0.2) is 11.8 Å². The summed E-state index contributed by atoms with van der Waals surface area (Å²) in [6.45, 7) is 6.45. The molecule has 0 aromatic heterocycles. The fourth-order valence-corrected chi connectivity index (χ4v) is 6.60. The Labute approximate surface area is 277 Å². The van der Waals surface area contributed by atoms with E-state index in [9.17, 15) is 45.0 Å². The molecular weight excluding hydrogens is 644 g/mol. The Bertz CT molecular complexity index is 1150. The largest absolute Gasteiger partial charge is 0.465 e. The van der Waals surface area contributed by atoms with Gasteiger partial charge < -0.3 is 68.5 Å². The molecule has 0 spiro atoms. The summed E-state index contributed by atoms with van der Waals surface area (Å²) in [6.07, 6.45) is -15.2. The number of hydrogen-bond acceptors (Lipinski definition) is 17. The molecule has 6 N–H and O–H groups in total. The molecule has 1 saturated carbocycles. The summed E-state index contributed by atoms with van der Waals surface area (Å²) in [7, 11) is 0. The third kappa shape index (κ3) is 8.82. The van der Waals surface area contributed by atoms with Crippen molar-refractivity contribution in [2.24, 2.45) is 23.7 Å². The molecule has 15 atom stereocenters. The molecule has 48 heavy (non-hydrogen) atoms. The van der Waals surface area contributed by atoms with Gasteiger partial charge in [0.1, 0.15) is 36.6 Å². The van der Waals surface area contributed by atoms with E-state index in [0.717, 1.165) is 6.92 Å². The summed E-state index contributed by atoms with van der Waals surface area (Å²) in [5.74, 6) is -3.49. The molecule has 17 nitrogen and oxygen atoms in total. The maximum atomic E-state index is 12.6. The molecule has 1 aliphatic carbocycles. The lowest BCUT2D eigenvalue weighted by Crippen LogP contribution is -2.64. The van der Waals surface area contributed by atoms with Crippen molar-refractivity contribution in [1.82, 2.24) is 0 Å². The highest BCUT2D eigenvalue weighted by Crippen LogP contribution is 2.47. The quantitative estimate of drug-likeness (QED) is 0.0979. The highest BCUT2D eigenvalue weighted by Gasteiger charge is 2.54. The Kier molecular flexibility index (Phi) is 13.2. The van der Waals surface area contributed by atoms with E-state index in [1.54, 1.807) is 0 Å². The van der Waals surface area contributed by atoms with E-state index in [1.807, 2.05) is 13.8 Å². The zero-order valence-electron chi connectivity index (χ0n) is 27.5. The Hall–Kier alpha value is -2.45. The van der Waals surface area contributed by atoms with Crippen LogP contribution in [-0.4, -0.2) is 142 Å². The summed E-state index contributed by atoms with van der Waals surface area (Å²) in [5, 5.41) is 63.7. The number of fused-ring (bicyclic) bond motifs is 1. The zero-order chi connectivity index (χ0) is 35.4. The number of carbonyl (C=O) groups excluding carboxylic acids is 3. The summed E-state index contributed by atoms with van der Waals surface area (Å²) in [5.41, 5.74) is 0.492. The van der Waals surface area contributed by atoms with E-state index >= 15 is 0 Å². The molecule has 0 radical (unpaired) electrons. The standard InChI is InChI=1S/C31H48O17/c1-12(2)6-21(36)47-29-22-17(7-19(35)18(22)11-41-14(4)33)16(9-42-29)10-43-31-28(24(38)23(37)20(8-32)46-31)48-30-26(40)25(39)27(13(3)44-30)45-15(5)34/h9,12-13,17-20,22-32,35,37-40H,6-8,10-11H2,1-5H3. The van der Waals surface area contributed by atoms with Crippen molar-refractivity contribution in [3.05, 3.63) is 11.8 Å². The van der Waals surface area contributed by atoms with Crippen LogP contribution in [0, 0.1) is 23.7 Å². The Balaban J connectivity index is 1.52.